The molecule has 2 amide bonds. The zero-order valence-electron chi connectivity index (χ0n) is 21.6. The first-order valence-corrected chi connectivity index (χ1v) is 13.4. The third-order valence-electron chi connectivity index (χ3n) is 7.56. The lowest BCUT2D eigenvalue weighted by molar-refractivity contribution is -0.135. The zero-order valence-corrected chi connectivity index (χ0v) is 21.6. The first-order chi connectivity index (χ1) is 18.1. The molecule has 196 valence electrons. The quantitative estimate of drug-likeness (QED) is 0.608. The highest BCUT2D eigenvalue weighted by Crippen LogP contribution is 2.30. The molecule has 0 radical (unpaired) electrons. The first kappa shape index (κ1) is 25.3. The van der Waals surface area contributed by atoms with Gasteiger partial charge in [-0.05, 0) is 54.9 Å². The number of fused-ring (bicyclic) bond motifs is 3. The number of hydrogen-bond donors (Lipinski definition) is 1. The van der Waals surface area contributed by atoms with Crippen LogP contribution in [0.2, 0.25) is 0 Å². The lowest BCUT2D eigenvalue weighted by Gasteiger charge is -2.38. The van der Waals surface area contributed by atoms with Gasteiger partial charge in [0.2, 0.25) is 11.8 Å². The van der Waals surface area contributed by atoms with E-state index in [2.05, 4.69) is 22.4 Å². The topological polar surface area (TPSA) is 71.1 Å². The maximum atomic E-state index is 13.6. The van der Waals surface area contributed by atoms with Crippen molar-refractivity contribution >= 4 is 11.8 Å². The van der Waals surface area contributed by atoms with Gasteiger partial charge in [-0.25, -0.2) is 0 Å². The number of piperidine rings is 1. The molecule has 2 atom stereocenters. The largest absolute Gasteiger partial charge is 0.497 e. The summed E-state index contributed by atoms with van der Waals surface area (Å²) in [4.78, 5) is 30.3. The highest BCUT2D eigenvalue weighted by molar-refractivity contribution is 5.79. The van der Waals surface area contributed by atoms with Gasteiger partial charge in [0.1, 0.15) is 18.1 Å². The number of methoxy groups -OCH3 is 1. The summed E-state index contributed by atoms with van der Waals surface area (Å²) in [7, 11) is 1.66. The second kappa shape index (κ2) is 11.8. The number of hydrogen-bond acceptors (Lipinski definition) is 5. The Bertz CT molecular complexity index is 1110. The Kier molecular flexibility index (Phi) is 8.09. The second-order valence-corrected chi connectivity index (χ2v) is 10.4. The van der Waals surface area contributed by atoms with Crippen molar-refractivity contribution in [3.05, 3.63) is 71.8 Å². The summed E-state index contributed by atoms with van der Waals surface area (Å²) in [5.74, 6) is 2.28. The van der Waals surface area contributed by atoms with Crippen LogP contribution >= 0.6 is 0 Å². The van der Waals surface area contributed by atoms with Crippen LogP contribution < -0.4 is 14.8 Å². The Morgan fingerprint density at radius 2 is 1.89 bits per heavy atom. The Labute approximate surface area is 219 Å². The van der Waals surface area contributed by atoms with Crippen LogP contribution in [-0.2, 0) is 22.7 Å². The van der Waals surface area contributed by atoms with E-state index in [1.807, 2.05) is 53.4 Å². The van der Waals surface area contributed by atoms with Crippen molar-refractivity contribution in [3.63, 3.8) is 0 Å². The zero-order chi connectivity index (χ0) is 25.6. The average Bonchev–Trinajstić information content (AvgIpc) is 3.72. The third-order valence-corrected chi connectivity index (χ3v) is 7.56. The smallest absolute Gasteiger partial charge is 0.236 e. The van der Waals surface area contributed by atoms with Crippen LogP contribution in [0.1, 0.15) is 36.8 Å². The number of carbonyl (C=O) groups is 2. The van der Waals surface area contributed by atoms with Gasteiger partial charge in [0.05, 0.1) is 13.7 Å². The molecule has 3 aliphatic rings. The molecule has 2 aromatic rings. The maximum Gasteiger partial charge on any atom is 0.236 e. The predicted molar refractivity (Wildman–Crippen MR) is 142 cm³/mol. The molecule has 0 unspecified atom stereocenters. The number of carbonyl (C=O) groups excluding carboxylic acids is 2. The Morgan fingerprint density at radius 1 is 1.08 bits per heavy atom. The summed E-state index contributed by atoms with van der Waals surface area (Å²) in [5.41, 5.74) is 2.18. The van der Waals surface area contributed by atoms with Crippen molar-refractivity contribution in [1.82, 2.24) is 15.1 Å². The molecule has 1 aliphatic carbocycles. The molecule has 5 rings (SSSR count). The van der Waals surface area contributed by atoms with Crippen LogP contribution in [0, 0.1) is 11.8 Å². The fourth-order valence-electron chi connectivity index (χ4n) is 5.31. The summed E-state index contributed by atoms with van der Waals surface area (Å²) in [6, 6.07) is 16.4. The predicted octanol–water partition coefficient (Wildman–Crippen LogP) is 3.78. The molecule has 2 heterocycles. The van der Waals surface area contributed by atoms with Crippen molar-refractivity contribution in [2.45, 2.75) is 44.8 Å². The normalized spacial score (nSPS) is 23.5. The minimum absolute atomic E-state index is 0.130. The SMILES string of the molecule is COc1ccc(CN2CC(=O)N3CC[C@@H](CC(=O)NC4CC4)[C@@H](/C=C/COc4ccccc4C2)C3)cc1. The molecule has 2 aliphatic heterocycles. The van der Waals surface area contributed by atoms with Crippen LogP contribution in [0.4, 0.5) is 0 Å². The first-order valence-electron chi connectivity index (χ1n) is 13.4. The molecule has 1 N–H and O–H groups in total. The summed E-state index contributed by atoms with van der Waals surface area (Å²) in [6.07, 6.45) is 7.74. The second-order valence-electron chi connectivity index (χ2n) is 10.4. The van der Waals surface area contributed by atoms with E-state index in [0.29, 0.717) is 51.8 Å². The van der Waals surface area contributed by atoms with Gasteiger partial charge in [-0.2, -0.15) is 0 Å². The molecule has 7 nitrogen and oxygen atoms in total. The van der Waals surface area contributed by atoms with Gasteiger partial charge < -0.3 is 19.7 Å². The van der Waals surface area contributed by atoms with Gasteiger partial charge in [0, 0.05) is 44.2 Å². The van der Waals surface area contributed by atoms with Gasteiger partial charge in [-0.15, -0.1) is 0 Å². The number of benzene rings is 2. The van der Waals surface area contributed by atoms with E-state index < -0.39 is 0 Å². The van der Waals surface area contributed by atoms with Crippen molar-refractivity contribution in [1.29, 1.82) is 0 Å². The number of nitrogens with zero attached hydrogens (tertiary/aromatic N) is 2. The van der Waals surface area contributed by atoms with E-state index >= 15 is 0 Å². The van der Waals surface area contributed by atoms with E-state index in [-0.39, 0.29) is 23.7 Å². The van der Waals surface area contributed by atoms with E-state index in [0.717, 1.165) is 41.9 Å². The minimum atomic E-state index is 0.130. The average molecular weight is 504 g/mol. The number of rotatable bonds is 6. The molecule has 7 heteroatoms. The van der Waals surface area contributed by atoms with E-state index in [1.54, 1.807) is 7.11 Å². The Morgan fingerprint density at radius 3 is 2.68 bits per heavy atom. The summed E-state index contributed by atoms with van der Waals surface area (Å²) in [6.45, 7) is 3.36. The molecular formula is C30H37N3O4. The van der Waals surface area contributed by atoms with Gasteiger partial charge in [-0.3, -0.25) is 14.5 Å². The molecular weight excluding hydrogens is 466 g/mol. The van der Waals surface area contributed by atoms with Crippen molar-refractivity contribution < 1.29 is 19.1 Å². The highest BCUT2D eigenvalue weighted by atomic mass is 16.5. The fraction of sp³-hybridized carbons (Fsp3) is 0.467. The molecule has 0 aromatic heterocycles. The number of ether oxygens (including phenoxy) is 2. The molecule has 0 spiro atoms. The number of amides is 2. The summed E-state index contributed by atoms with van der Waals surface area (Å²) in [5, 5.41) is 3.12. The molecule has 1 saturated heterocycles. The Hall–Kier alpha value is -3.32. The van der Waals surface area contributed by atoms with Gasteiger partial charge in [0.25, 0.3) is 0 Å². The molecule has 2 fully saturated rings. The van der Waals surface area contributed by atoms with E-state index in [9.17, 15) is 9.59 Å². The van der Waals surface area contributed by atoms with Crippen LogP contribution in [0.3, 0.4) is 0 Å². The van der Waals surface area contributed by atoms with Crippen LogP contribution in [0.25, 0.3) is 0 Å². The minimum Gasteiger partial charge on any atom is -0.497 e. The lowest BCUT2D eigenvalue weighted by atomic mass is 9.82. The number of para-hydroxylation sites is 1. The van der Waals surface area contributed by atoms with Crippen molar-refractivity contribution in [2.75, 3.05) is 33.4 Å². The molecule has 2 bridgehead atoms. The standard InChI is InChI=1S/C30H37N3O4/c1-36-27-12-8-22(9-13-27)18-32-19-25-5-2-3-7-28(25)37-16-4-6-24-20-33(30(35)21-32)15-14-23(24)17-29(34)31-26-10-11-26/h2-9,12-13,23-24,26H,10-11,14-21H2,1H3,(H,31,34)/b6-4+/t23-,24-/m0/s1. The highest BCUT2D eigenvalue weighted by Gasteiger charge is 2.33. The molecule has 1 saturated carbocycles. The van der Waals surface area contributed by atoms with Crippen molar-refractivity contribution in [3.8, 4) is 11.5 Å². The van der Waals surface area contributed by atoms with Gasteiger partial charge in [0.15, 0.2) is 0 Å². The van der Waals surface area contributed by atoms with Crippen LogP contribution in [0.5, 0.6) is 11.5 Å². The van der Waals surface area contributed by atoms with Gasteiger partial charge in [-0.1, -0.05) is 42.5 Å². The summed E-state index contributed by atoms with van der Waals surface area (Å²) < 4.78 is 11.5. The van der Waals surface area contributed by atoms with Crippen LogP contribution in [0.15, 0.2) is 60.7 Å². The van der Waals surface area contributed by atoms with Gasteiger partial charge >= 0.3 is 0 Å². The summed E-state index contributed by atoms with van der Waals surface area (Å²) >= 11 is 0. The van der Waals surface area contributed by atoms with E-state index in [4.69, 9.17) is 9.47 Å². The third kappa shape index (κ3) is 6.92. The molecule has 37 heavy (non-hydrogen) atoms. The van der Waals surface area contributed by atoms with Crippen molar-refractivity contribution in [2.24, 2.45) is 11.8 Å². The number of nitrogens with one attached hydrogen (secondary N) is 1. The van der Waals surface area contributed by atoms with Crippen LogP contribution in [-0.4, -0.2) is 61.0 Å². The Balaban J connectivity index is 1.35. The molecule has 2 aromatic carbocycles. The monoisotopic (exact) mass is 503 g/mol. The van der Waals surface area contributed by atoms with E-state index in [1.165, 1.54) is 0 Å². The lowest BCUT2D eigenvalue weighted by Crippen LogP contribution is -2.47. The fourth-order valence-corrected chi connectivity index (χ4v) is 5.31. The maximum absolute atomic E-state index is 13.6.